The average molecular weight is 450 g/mol. The number of primary amides is 1. The first kappa shape index (κ1) is 26.6. The molecule has 11 heteroatoms. The number of benzene rings is 1. The van der Waals surface area contributed by atoms with Crippen molar-refractivity contribution in [2.24, 2.45) is 17.4 Å². The van der Waals surface area contributed by atoms with Crippen LogP contribution in [0.3, 0.4) is 0 Å². The van der Waals surface area contributed by atoms with E-state index >= 15 is 0 Å². The second kappa shape index (κ2) is 13.1. The number of aliphatic carboxylic acids is 1. The van der Waals surface area contributed by atoms with Crippen LogP contribution in [0.1, 0.15) is 32.3 Å². The maximum absolute atomic E-state index is 12.5. The Bertz CT molecular complexity index is 814. The molecule has 0 heterocycles. The molecule has 4 amide bonds. The molecule has 0 aliphatic heterocycles. The van der Waals surface area contributed by atoms with Gasteiger partial charge in [-0.3, -0.25) is 19.2 Å². The zero-order chi connectivity index (χ0) is 24.3. The summed E-state index contributed by atoms with van der Waals surface area (Å²) in [4.78, 5) is 59.2. The number of nitrogens with two attached hydrogens (primary N) is 2. The van der Waals surface area contributed by atoms with E-state index in [0.717, 1.165) is 5.56 Å². The lowest BCUT2D eigenvalue weighted by Crippen LogP contribution is -2.54. The molecule has 0 fully saturated rings. The lowest BCUT2D eigenvalue weighted by atomic mass is 10.0. The van der Waals surface area contributed by atoms with E-state index < -0.39 is 60.7 Å². The Morgan fingerprint density at radius 2 is 1.59 bits per heavy atom. The van der Waals surface area contributed by atoms with E-state index in [1.54, 1.807) is 0 Å². The van der Waals surface area contributed by atoms with Gasteiger partial charge in [-0.1, -0.05) is 44.2 Å². The molecule has 1 rings (SSSR count). The Morgan fingerprint density at radius 1 is 0.969 bits per heavy atom. The van der Waals surface area contributed by atoms with Gasteiger partial charge in [-0.05, 0) is 24.3 Å². The Balaban J connectivity index is 2.64. The molecule has 0 aromatic heterocycles. The van der Waals surface area contributed by atoms with E-state index in [2.05, 4.69) is 16.0 Å². The fraction of sp³-hybridized carbons (Fsp3) is 0.476. The second-order valence-corrected chi connectivity index (χ2v) is 7.83. The fourth-order valence-electron chi connectivity index (χ4n) is 2.88. The van der Waals surface area contributed by atoms with Crippen molar-refractivity contribution in [2.45, 2.75) is 51.2 Å². The van der Waals surface area contributed by atoms with Gasteiger partial charge < -0.3 is 32.5 Å². The Kier molecular flexibility index (Phi) is 10.8. The maximum Gasteiger partial charge on any atom is 0.326 e. The van der Waals surface area contributed by atoms with Gasteiger partial charge >= 0.3 is 5.97 Å². The van der Waals surface area contributed by atoms with Crippen LogP contribution in [0.4, 0.5) is 0 Å². The Labute approximate surface area is 186 Å². The van der Waals surface area contributed by atoms with Crippen molar-refractivity contribution in [1.82, 2.24) is 16.0 Å². The van der Waals surface area contributed by atoms with Gasteiger partial charge in [0.15, 0.2) is 0 Å². The van der Waals surface area contributed by atoms with Crippen molar-refractivity contribution in [2.75, 3.05) is 6.54 Å². The number of amides is 4. The van der Waals surface area contributed by atoms with Crippen molar-refractivity contribution in [3.05, 3.63) is 35.9 Å². The molecule has 0 aliphatic rings. The van der Waals surface area contributed by atoms with Gasteiger partial charge in [0.25, 0.3) is 0 Å². The molecule has 176 valence electrons. The molecule has 3 atom stereocenters. The summed E-state index contributed by atoms with van der Waals surface area (Å²) in [5.41, 5.74) is 11.8. The molecule has 0 bridgehead atoms. The SMILES string of the molecule is CC(C)CC(NC(=O)CNC(=O)C(N)Cc1ccccc1)C(=O)NC(CC(N)=O)C(=O)O. The van der Waals surface area contributed by atoms with Gasteiger partial charge in [-0.2, -0.15) is 0 Å². The van der Waals surface area contributed by atoms with Crippen LogP contribution in [0.5, 0.6) is 0 Å². The quantitative estimate of drug-likeness (QED) is 0.214. The number of carbonyl (C=O) groups is 5. The number of carboxylic acids is 1. The summed E-state index contributed by atoms with van der Waals surface area (Å²) < 4.78 is 0. The normalized spacial score (nSPS) is 13.5. The third-order valence-electron chi connectivity index (χ3n) is 4.44. The topological polar surface area (TPSA) is 194 Å². The van der Waals surface area contributed by atoms with Crippen LogP contribution in [0.25, 0.3) is 0 Å². The van der Waals surface area contributed by atoms with Gasteiger partial charge in [0.2, 0.25) is 23.6 Å². The minimum atomic E-state index is -1.51. The summed E-state index contributed by atoms with van der Waals surface area (Å²) in [5, 5.41) is 16.3. The number of hydrogen-bond acceptors (Lipinski definition) is 6. The summed E-state index contributed by atoms with van der Waals surface area (Å²) in [6, 6.07) is 5.72. The Hall–Kier alpha value is -3.47. The van der Waals surface area contributed by atoms with Crippen LogP contribution in [0.15, 0.2) is 30.3 Å². The molecule has 0 saturated heterocycles. The molecule has 32 heavy (non-hydrogen) atoms. The van der Waals surface area contributed by atoms with Gasteiger partial charge in [0, 0.05) is 0 Å². The number of rotatable bonds is 13. The highest BCUT2D eigenvalue weighted by atomic mass is 16.4. The van der Waals surface area contributed by atoms with Crippen LogP contribution in [0.2, 0.25) is 0 Å². The third-order valence-corrected chi connectivity index (χ3v) is 4.44. The summed E-state index contributed by atoms with van der Waals surface area (Å²) in [6.07, 6.45) is -0.0795. The lowest BCUT2D eigenvalue weighted by molar-refractivity contribution is -0.143. The standard InChI is InChI=1S/C21H31N5O6/c1-12(2)8-15(20(30)26-16(21(31)32)10-17(23)27)25-18(28)11-24-19(29)14(22)9-13-6-4-3-5-7-13/h3-7,12,14-16H,8-11,22H2,1-2H3,(H2,23,27)(H,24,29)(H,25,28)(H,26,30)(H,31,32). The van der Waals surface area contributed by atoms with Crippen molar-refractivity contribution >= 4 is 29.6 Å². The molecular weight excluding hydrogens is 418 g/mol. The largest absolute Gasteiger partial charge is 0.480 e. The minimum Gasteiger partial charge on any atom is -0.480 e. The van der Waals surface area contributed by atoms with Gasteiger partial charge in [-0.25, -0.2) is 4.79 Å². The van der Waals surface area contributed by atoms with E-state index in [4.69, 9.17) is 16.6 Å². The zero-order valence-electron chi connectivity index (χ0n) is 18.2. The second-order valence-electron chi connectivity index (χ2n) is 7.83. The molecule has 0 saturated carbocycles. The minimum absolute atomic E-state index is 0.0145. The summed E-state index contributed by atoms with van der Waals surface area (Å²) in [7, 11) is 0. The van der Waals surface area contributed by atoms with Gasteiger partial charge in [0.05, 0.1) is 19.0 Å². The molecular formula is C21H31N5O6. The van der Waals surface area contributed by atoms with E-state index in [1.807, 2.05) is 44.2 Å². The van der Waals surface area contributed by atoms with E-state index in [0.29, 0.717) is 6.42 Å². The molecule has 1 aromatic rings. The number of carbonyl (C=O) groups excluding carboxylic acids is 4. The first-order valence-corrected chi connectivity index (χ1v) is 10.2. The monoisotopic (exact) mass is 449 g/mol. The molecule has 0 spiro atoms. The fourth-order valence-corrected chi connectivity index (χ4v) is 2.88. The van der Waals surface area contributed by atoms with Crippen molar-refractivity contribution < 1.29 is 29.1 Å². The summed E-state index contributed by atoms with van der Waals surface area (Å²) in [5.74, 6) is -4.27. The first-order chi connectivity index (χ1) is 15.0. The number of nitrogens with one attached hydrogen (secondary N) is 3. The number of hydrogen-bond donors (Lipinski definition) is 6. The predicted octanol–water partition coefficient (Wildman–Crippen LogP) is -1.35. The third kappa shape index (κ3) is 10.0. The lowest BCUT2D eigenvalue weighted by Gasteiger charge is -2.22. The Morgan fingerprint density at radius 3 is 2.12 bits per heavy atom. The molecule has 1 aromatic carbocycles. The van der Waals surface area contributed by atoms with Crippen molar-refractivity contribution in [1.29, 1.82) is 0 Å². The molecule has 0 radical (unpaired) electrons. The van der Waals surface area contributed by atoms with Crippen molar-refractivity contribution in [3.63, 3.8) is 0 Å². The molecule has 11 nitrogen and oxygen atoms in total. The highest BCUT2D eigenvalue weighted by molar-refractivity contribution is 5.93. The van der Waals surface area contributed by atoms with Crippen LogP contribution < -0.4 is 27.4 Å². The van der Waals surface area contributed by atoms with E-state index in [-0.39, 0.29) is 12.3 Å². The average Bonchev–Trinajstić information content (AvgIpc) is 2.70. The first-order valence-electron chi connectivity index (χ1n) is 10.2. The predicted molar refractivity (Wildman–Crippen MR) is 116 cm³/mol. The smallest absolute Gasteiger partial charge is 0.326 e. The highest BCUT2D eigenvalue weighted by Crippen LogP contribution is 2.06. The molecule has 8 N–H and O–H groups in total. The summed E-state index contributed by atoms with van der Waals surface area (Å²) >= 11 is 0. The van der Waals surface area contributed by atoms with Gasteiger partial charge in [-0.15, -0.1) is 0 Å². The van der Waals surface area contributed by atoms with Crippen LogP contribution in [-0.2, 0) is 30.4 Å². The molecule has 3 unspecified atom stereocenters. The van der Waals surface area contributed by atoms with Crippen LogP contribution in [0, 0.1) is 5.92 Å². The zero-order valence-corrected chi connectivity index (χ0v) is 18.2. The number of carboxylic acid groups (broad SMARTS) is 1. The summed E-state index contributed by atoms with van der Waals surface area (Å²) in [6.45, 7) is 3.22. The van der Waals surface area contributed by atoms with Crippen LogP contribution in [-0.4, -0.2) is 59.4 Å². The van der Waals surface area contributed by atoms with Crippen molar-refractivity contribution in [3.8, 4) is 0 Å². The van der Waals surface area contributed by atoms with Crippen LogP contribution >= 0.6 is 0 Å². The van der Waals surface area contributed by atoms with E-state index in [1.165, 1.54) is 0 Å². The van der Waals surface area contributed by atoms with Gasteiger partial charge in [0.1, 0.15) is 12.1 Å². The molecule has 0 aliphatic carbocycles. The highest BCUT2D eigenvalue weighted by Gasteiger charge is 2.28. The maximum atomic E-state index is 12.5. The van der Waals surface area contributed by atoms with E-state index in [9.17, 15) is 24.0 Å².